The summed E-state index contributed by atoms with van der Waals surface area (Å²) in [6, 6.07) is 0.206. The van der Waals surface area contributed by atoms with E-state index in [1.807, 2.05) is 30.7 Å². The lowest BCUT2D eigenvalue weighted by molar-refractivity contribution is -0.141. The molecule has 3 heterocycles. The molecule has 1 N–H and O–H groups in total. The van der Waals surface area contributed by atoms with Gasteiger partial charge in [-0.1, -0.05) is 32.6 Å². The number of piperidine rings is 1. The lowest BCUT2D eigenvalue weighted by Crippen LogP contribution is -2.51. The minimum Gasteiger partial charge on any atom is -0.353 e. The number of amides is 2. The van der Waals surface area contributed by atoms with Crippen molar-refractivity contribution >= 4 is 18.2 Å². The van der Waals surface area contributed by atoms with Crippen molar-refractivity contribution in [3.05, 3.63) is 35.8 Å². The second kappa shape index (κ2) is 11.7. The molecule has 0 radical (unpaired) electrons. The number of rotatable bonds is 7. The van der Waals surface area contributed by atoms with Crippen molar-refractivity contribution in [1.29, 1.82) is 0 Å². The maximum Gasteiger partial charge on any atom is 0.236 e. The zero-order valence-corrected chi connectivity index (χ0v) is 21.6. The Bertz CT molecular complexity index is 843. The highest BCUT2D eigenvalue weighted by molar-refractivity contribution is 5.81. The molecule has 0 bridgehead atoms. The van der Waals surface area contributed by atoms with Gasteiger partial charge in [0.1, 0.15) is 5.82 Å². The average Bonchev–Trinajstić information content (AvgIpc) is 2.82. The van der Waals surface area contributed by atoms with Gasteiger partial charge in [0.05, 0.1) is 12.9 Å². The van der Waals surface area contributed by atoms with E-state index in [-0.39, 0.29) is 23.8 Å². The molecule has 3 rings (SSSR count). The predicted octanol–water partition coefficient (Wildman–Crippen LogP) is 2.28. The summed E-state index contributed by atoms with van der Waals surface area (Å²) in [5.74, 6) is 1.81. The van der Waals surface area contributed by atoms with Crippen molar-refractivity contribution in [3.63, 3.8) is 0 Å². The number of likely N-dealkylation sites (tertiary alicyclic amines) is 1. The minimum atomic E-state index is 0.0347. The van der Waals surface area contributed by atoms with E-state index in [4.69, 9.17) is 0 Å². The Labute approximate surface area is 205 Å². The number of piperazine rings is 1. The van der Waals surface area contributed by atoms with Gasteiger partial charge in [0.2, 0.25) is 11.8 Å². The molecule has 8 heteroatoms. The molecular weight excluding hydrogens is 428 g/mol. The van der Waals surface area contributed by atoms with Crippen molar-refractivity contribution in [1.82, 2.24) is 24.9 Å². The lowest BCUT2D eigenvalue weighted by Gasteiger charge is -2.39. The first kappa shape index (κ1) is 26.0. The molecule has 0 atom stereocenters. The standard InChI is InChI=1S/C26H42N6O2/c1-19(2)7-8-23-21(5)27-18-28-25(23)32-15-13-30(14-16-32)17-24(33)31-11-9-22(10-12-31)26(34)29(6)20(3)4/h7-8,18-20,22H,5,9-17H2,1-4,6H3,(H,27,28)/b8-7-. The number of nitrogens with one attached hydrogen (secondary N) is 1. The third kappa shape index (κ3) is 6.50. The van der Waals surface area contributed by atoms with Crippen LogP contribution in [0.2, 0.25) is 0 Å². The molecule has 0 aromatic heterocycles. The van der Waals surface area contributed by atoms with Crippen LogP contribution in [0.15, 0.2) is 40.8 Å². The molecule has 0 aromatic rings. The van der Waals surface area contributed by atoms with Crippen LogP contribution in [-0.4, -0.2) is 96.7 Å². The van der Waals surface area contributed by atoms with E-state index in [9.17, 15) is 9.59 Å². The third-order valence-electron chi connectivity index (χ3n) is 6.99. The molecule has 0 unspecified atom stereocenters. The van der Waals surface area contributed by atoms with Crippen molar-refractivity contribution in [2.24, 2.45) is 16.8 Å². The number of hydrogen-bond donors (Lipinski definition) is 1. The van der Waals surface area contributed by atoms with Gasteiger partial charge in [-0.3, -0.25) is 14.5 Å². The lowest BCUT2D eigenvalue weighted by atomic mass is 9.95. The highest BCUT2D eigenvalue weighted by Gasteiger charge is 2.31. The summed E-state index contributed by atoms with van der Waals surface area (Å²) in [6.45, 7) is 17.6. The number of allylic oxidation sites excluding steroid dienone is 2. The Morgan fingerprint density at radius 1 is 1.15 bits per heavy atom. The van der Waals surface area contributed by atoms with E-state index >= 15 is 0 Å². The first-order valence-electron chi connectivity index (χ1n) is 12.6. The summed E-state index contributed by atoms with van der Waals surface area (Å²) in [6.07, 6.45) is 7.48. The molecule has 8 nitrogen and oxygen atoms in total. The van der Waals surface area contributed by atoms with Gasteiger partial charge < -0.3 is 20.0 Å². The molecule has 0 spiro atoms. The highest BCUT2D eigenvalue weighted by atomic mass is 16.2. The minimum absolute atomic E-state index is 0.0347. The zero-order chi connectivity index (χ0) is 24.8. The molecule has 188 valence electrons. The summed E-state index contributed by atoms with van der Waals surface area (Å²) >= 11 is 0. The van der Waals surface area contributed by atoms with Crippen molar-refractivity contribution in [2.45, 2.75) is 46.6 Å². The van der Waals surface area contributed by atoms with Gasteiger partial charge in [-0.2, -0.15) is 0 Å². The highest BCUT2D eigenvalue weighted by Crippen LogP contribution is 2.24. The van der Waals surface area contributed by atoms with Gasteiger partial charge in [-0.15, -0.1) is 0 Å². The summed E-state index contributed by atoms with van der Waals surface area (Å²) in [4.78, 5) is 38.4. The molecular formula is C26H42N6O2. The van der Waals surface area contributed by atoms with Crippen LogP contribution in [-0.2, 0) is 9.59 Å². The van der Waals surface area contributed by atoms with Crippen LogP contribution in [0.25, 0.3) is 0 Å². The Hall–Kier alpha value is -2.61. The second-order valence-electron chi connectivity index (χ2n) is 10.2. The number of aliphatic imine (C=N–C) groups is 1. The zero-order valence-electron chi connectivity index (χ0n) is 21.6. The monoisotopic (exact) mass is 470 g/mol. The van der Waals surface area contributed by atoms with Crippen LogP contribution in [0.4, 0.5) is 0 Å². The van der Waals surface area contributed by atoms with Gasteiger partial charge in [0.25, 0.3) is 0 Å². The van der Waals surface area contributed by atoms with Crippen LogP contribution in [0.1, 0.15) is 40.5 Å². The fourth-order valence-electron chi connectivity index (χ4n) is 4.50. The van der Waals surface area contributed by atoms with Gasteiger partial charge in [0, 0.05) is 69.5 Å². The molecule has 0 aromatic carbocycles. The molecule has 0 aliphatic carbocycles. The smallest absolute Gasteiger partial charge is 0.236 e. The Kier molecular flexibility index (Phi) is 8.94. The van der Waals surface area contributed by atoms with Crippen LogP contribution < -0.4 is 5.32 Å². The largest absolute Gasteiger partial charge is 0.353 e. The molecule has 2 fully saturated rings. The first-order chi connectivity index (χ1) is 16.2. The van der Waals surface area contributed by atoms with Crippen LogP contribution >= 0.6 is 0 Å². The first-order valence-corrected chi connectivity index (χ1v) is 12.6. The molecule has 3 aliphatic heterocycles. The van der Waals surface area contributed by atoms with Crippen molar-refractivity contribution in [2.75, 3.05) is 52.9 Å². The number of carbonyl (C=O) groups excluding carboxylic acids is 2. The molecule has 3 aliphatic rings. The quantitative estimate of drug-likeness (QED) is 0.618. The molecule has 34 heavy (non-hydrogen) atoms. The Morgan fingerprint density at radius 3 is 2.38 bits per heavy atom. The fourth-order valence-corrected chi connectivity index (χ4v) is 4.50. The number of hydrogen-bond acceptors (Lipinski definition) is 6. The van der Waals surface area contributed by atoms with Crippen molar-refractivity contribution < 1.29 is 9.59 Å². The van der Waals surface area contributed by atoms with Gasteiger partial charge in [0.15, 0.2) is 0 Å². The van der Waals surface area contributed by atoms with E-state index in [0.717, 1.165) is 56.1 Å². The van der Waals surface area contributed by atoms with E-state index in [0.29, 0.717) is 25.6 Å². The maximum atomic E-state index is 12.9. The summed E-state index contributed by atoms with van der Waals surface area (Å²) in [7, 11) is 1.87. The van der Waals surface area contributed by atoms with Crippen LogP contribution in [0, 0.1) is 11.8 Å². The van der Waals surface area contributed by atoms with Gasteiger partial charge >= 0.3 is 0 Å². The van der Waals surface area contributed by atoms with Crippen molar-refractivity contribution in [3.8, 4) is 0 Å². The second-order valence-corrected chi connectivity index (χ2v) is 10.2. The van der Waals surface area contributed by atoms with Gasteiger partial charge in [-0.25, -0.2) is 4.99 Å². The summed E-state index contributed by atoms with van der Waals surface area (Å²) in [5.41, 5.74) is 1.89. The van der Waals surface area contributed by atoms with E-state index < -0.39 is 0 Å². The van der Waals surface area contributed by atoms with E-state index in [1.165, 1.54) is 0 Å². The topological polar surface area (TPSA) is 71.5 Å². The van der Waals surface area contributed by atoms with E-state index in [1.54, 1.807) is 6.34 Å². The Morgan fingerprint density at radius 2 is 1.79 bits per heavy atom. The molecule has 0 saturated carbocycles. The number of nitrogens with zero attached hydrogens (tertiary/aromatic N) is 5. The number of carbonyl (C=O) groups is 2. The molecule has 2 saturated heterocycles. The maximum absolute atomic E-state index is 12.9. The van der Waals surface area contributed by atoms with Crippen LogP contribution in [0.5, 0.6) is 0 Å². The predicted molar refractivity (Wildman–Crippen MR) is 137 cm³/mol. The molecule has 2 amide bonds. The van der Waals surface area contributed by atoms with Gasteiger partial charge in [-0.05, 0) is 32.6 Å². The summed E-state index contributed by atoms with van der Waals surface area (Å²) in [5, 5.41) is 3.11. The van der Waals surface area contributed by atoms with Crippen LogP contribution in [0.3, 0.4) is 0 Å². The normalized spacial score (nSPS) is 20.6. The SMILES string of the molecule is C=C1NC=NC(N2CCN(CC(=O)N3CCC(C(=O)N(C)C(C)C)CC3)CC2)=C1/C=C\C(C)C. The average molecular weight is 471 g/mol. The third-order valence-corrected chi connectivity index (χ3v) is 6.99. The fraction of sp³-hybridized carbons (Fsp3) is 0.654. The Balaban J connectivity index is 1.49. The summed E-state index contributed by atoms with van der Waals surface area (Å²) < 4.78 is 0. The van der Waals surface area contributed by atoms with E-state index in [2.05, 4.69) is 52.7 Å².